The average Bonchev–Trinajstić information content (AvgIpc) is 3.83. The molecule has 5 aromatic rings. The molecule has 0 saturated carbocycles. The molecule has 20 heteroatoms. The van der Waals surface area contributed by atoms with Crippen molar-refractivity contribution in [2.24, 2.45) is 0 Å². The van der Waals surface area contributed by atoms with E-state index in [4.69, 9.17) is 29.2 Å². The standard InChI is InChI=1S/C29H35F2N3O5.C18H21F2N3O5/c1-29(2,3)39-28(36)33-11-9-32(10-12-33)27(35)26-18-22-17-23(30)24(31)19-25(22)34(26)13-14-37-15-16-38-20-21-7-5-4-6-8-21;19-13-9-12-10-16(17(25)21-1-3-22(4-2-21)18(26)27)23(5-7-28-8-6-24)15(12)11-14(13)20/h4-8,17-19H,9-16,20H2,1-3H3;9-11,24H,1-8H2,(H,26,27). The number of aromatic nitrogens is 2. The fourth-order valence-corrected chi connectivity index (χ4v) is 7.65. The molecule has 2 aliphatic heterocycles. The molecule has 3 aromatic carbocycles. The maximum absolute atomic E-state index is 14.1. The number of benzene rings is 3. The fourth-order valence-electron chi connectivity index (χ4n) is 7.65. The lowest BCUT2D eigenvalue weighted by molar-refractivity contribution is 0.0138. The number of carbonyl (C=O) groups is 4. The van der Waals surface area contributed by atoms with Gasteiger partial charge < -0.3 is 57.9 Å². The van der Waals surface area contributed by atoms with E-state index in [0.29, 0.717) is 73.5 Å². The molecule has 2 aliphatic rings. The van der Waals surface area contributed by atoms with Crippen molar-refractivity contribution >= 4 is 45.8 Å². The maximum Gasteiger partial charge on any atom is 0.410 e. The molecule has 0 unspecified atom stereocenters. The van der Waals surface area contributed by atoms with Crippen LogP contribution in [-0.4, -0.2) is 161 Å². The summed E-state index contributed by atoms with van der Waals surface area (Å²) in [7, 11) is 0. The van der Waals surface area contributed by atoms with Crippen molar-refractivity contribution in [3.63, 3.8) is 0 Å². The third-order valence-electron chi connectivity index (χ3n) is 11.0. The number of ether oxygens (including phenoxy) is 4. The van der Waals surface area contributed by atoms with E-state index in [-0.39, 0.29) is 83.2 Å². The van der Waals surface area contributed by atoms with E-state index < -0.39 is 41.1 Å². The third kappa shape index (κ3) is 13.2. The van der Waals surface area contributed by atoms with E-state index in [0.717, 1.165) is 29.8 Å². The number of halogens is 4. The van der Waals surface area contributed by atoms with E-state index in [2.05, 4.69) is 0 Å². The minimum absolute atomic E-state index is 0.128. The molecule has 0 aliphatic carbocycles. The number of nitrogens with zero attached hydrogens (tertiary/aromatic N) is 6. The Bertz CT molecular complexity index is 2500. The predicted molar refractivity (Wildman–Crippen MR) is 238 cm³/mol. The summed E-state index contributed by atoms with van der Waals surface area (Å²) in [6, 6.07) is 17.1. The Morgan fingerprint density at radius 2 is 1.00 bits per heavy atom. The number of carbonyl (C=O) groups excluding carboxylic acids is 3. The SMILES string of the molecule is CC(C)(C)OC(=O)N1CCN(C(=O)c2cc3cc(F)c(F)cc3n2CCOCCOCc2ccccc2)CC1.O=C(O)N1CCN(C(=O)c2cc3cc(F)c(F)cc3n2CCOCCO)CC1. The predicted octanol–water partition coefficient (Wildman–Crippen LogP) is 6.21. The Labute approximate surface area is 384 Å². The molecule has 4 heterocycles. The van der Waals surface area contributed by atoms with Crippen molar-refractivity contribution < 1.29 is 65.9 Å². The second-order valence-electron chi connectivity index (χ2n) is 16.8. The van der Waals surface area contributed by atoms with Crippen LogP contribution in [-0.2, 0) is 38.6 Å². The number of fused-ring (bicyclic) bond motifs is 2. The van der Waals surface area contributed by atoms with Crippen molar-refractivity contribution in [3.05, 3.63) is 107 Å². The van der Waals surface area contributed by atoms with E-state index in [1.807, 2.05) is 30.3 Å². The zero-order valence-electron chi connectivity index (χ0n) is 37.7. The van der Waals surface area contributed by atoms with Gasteiger partial charge in [-0.1, -0.05) is 30.3 Å². The Kier molecular flexibility index (Phi) is 17.2. The molecule has 16 nitrogen and oxygen atoms in total. The number of hydrogen-bond acceptors (Lipinski definition) is 9. The number of amides is 4. The molecule has 2 N–H and O–H groups in total. The largest absolute Gasteiger partial charge is 0.465 e. The molecule has 0 bridgehead atoms. The van der Waals surface area contributed by atoms with Crippen LogP contribution in [0.3, 0.4) is 0 Å². The molecular formula is C47H56F4N6O10. The summed E-state index contributed by atoms with van der Waals surface area (Å²) in [5.74, 6) is -4.60. The van der Waals surface area contributed by atoms with Gasteiger partial charge in [-0.05, 0) is 50.6 Å². The average molecular weight is 941 g/mol. The lowest BCUT2D eigenvalue weighted by atomic mass is 10.2. The van der Waals surface area contributed by atoms with Crippen LogP contribution in [0.4, 0.5) is 27.2 Å². The van der Waals surface area contributed by atoms with Gasteiger partial charge in [0, 0.05) is 88.4 Å². The molecule has 7 rings (SSSR count). The van der Waals surface area contributed by atoms with Gasteiger partial charge in [0.15, 0.2) is 23.3 Å². The van der Waals surface area contributed by atoms with Crippen LogP contribution in [0.2, 0.25) is 0 Å². The first-order chi connectivity index (χ1) is 32.0. The van der Waals surface area contributed by atoms with Gasteiger partial charge in [0.05, 0.1) is 57.3 Å². The zero-order chi connectivity index (χ0) is 48.3. The summed E-state index contributed by atoms with van der Waals surface area (Å²) in [4.78, 5) is 55.9. The number of rotatable bonds is 15. The summed E-state index contributed by atoms with van der Waals surface area (Å²) in [6.07, 6.45) is -1.45. The summed E-state index contributed by atoms with van der Waals surface area (Å²) in [5, 5.41) is 18.6. The second-order valence-corrected chi connectivity index (χ2v) is 16.8. The van der Waals surface area contributed by atoms with Crippen LogP contribution >= 0.6 is 0 Å². The van der Waals surface area contributed by atoms with Crippen LogP contribution in [0.1, 0.15) is 47.3 Å². The molecule has 0 spiro atoms. The summed E-state index contributed by atoms with van der Waals surface area (Å²) >= 11 is 0. The van der Waals surface area contributed by atoms with E-state index in [1.165, 1.54) is 15.9 Å². The van der Waals surface area contributed by atoms with Crippen LogP contribution in [0.25, 0.3) is 21.8 Å². The number of aliphatic hydroxyl groups excluding tert-OH is 1. The van der Waals surface area contributed by atoms with E-state index in [1.54, 1.807) is 45.8 Å². The normalized spacial score (nSPS) is 14.4. The minimum atomic E-state index is -1.03. The van der Waals surface area contributed by atoms with Gasteiger partial charge in [-0.2, -0.15) is 0 Å². The van der Waals surface area contributed by atoms with Gasteiger partial charge in [0.1, 0.15) is 17.0 Å². The molecule has 2 saturated heterocycles. The van der Waals surface area contributed by atoms with Crippen molar-refractivity contribution in [1.29, 1.82) is 0 Å². The van der Waals surface area contributed by atoms with Crippen molar-refractivity contribution in [2.45, 2.75) is 46.1 Å². The van der Waals surface area contributed by atoms with Gasteiger partial charge in [-0.15, -0.1) is 0 Å². The molecule has 0 atom stereocenters. The fraction of sp³-hybridized carbons (Fsp3) is 0.447. The highest BCUT2D eigenvalue weighted by Gasteiger charge is 2.31. The molecular weight excluding hydrogens is 885 g/mol. The monoisotopic (exact) mass is 940 g/mol. The molecule has 2 fully saturated rings. The first-order valence-corrected chi connectivity index (χ1v) is 21.9. The quantitative estimate of drug-likeness (QED) is 0.0910. The molecule has 0 radical (unpaired) electrons. The first kappa shape index (κ1) is 50.2. The lowest BCUT2D eigenvalue weighted by Crippen LogP contribution is -2.51. The Hall–Kier alpha value is -6.22. The summed E-state index contributed by atoms with van der Waals surface area (Å²) in [5.41, 5.74) is 1.79. The van der Waals surface area contributed by atoms with Gasteiger partial charge in [-0.25, -0.2) is 27.2 Å². The van der Waals surface area contributed by atoms with Crippen LogP contribution in [0.5, 0.6) is 0 Å². The third-order valence-corrected chi connectivity index (χ3v) is 11.0. The number of hydrogen-bond donors (Lipinski definition) is 2. The van der Waals surface area contributed by atoms with Crippen LogP contribution in [0.15, 0.2) is 66.7 Å². The molecule has 2 aromatic heterocycles. The summed E-state index contributed by atoms with van der Waals surface area (Å²) in [6.45, 7) is 9.69. The topological polar surface area (TPSA) is 168 Å². The Morgan fingerprint density at radius 3 is 1.46 bits per heavy atom. The summed E-state index contributed by atoms with van der Waals surface area (Å²) < 4.78 is 80.7. The highest BCUT2D eigenvalue weighted by Crippen LogP contribution is 2.27. The van der Waals surface area contributed by atoms with Crippen molar-refractivity contribution in [3.8, 4) is 0 Å². The van der Waals surface area contributed by atoms with Gasteiger partial charge in [-0.3, -0.25) is 9.59 Å². The van der Waals surface area contributed by atoms with Crippen molar-refractivity contribution in [2.75, 3.05) is 92.0 Å². The van der Waals surface area contributed by atoms with Crippen LogP contribution in [0, 0.1) is 23.3 Å². The molecule has 362 valence electrons. The Balaban J connectivity index is 0.000000233. The van der Waals surface area contributed by atoms with Crippen LogP contribution < -0.4 is 0 Å². The molecule has 4 amide bonds. The number of carboxylic acid groups (broad SMARTS) is 1. The maximum atomic E-state index is 14.1. The van der Waals surface area contributed by atoms with Gasteiger partial charge >= 0.3 is 12.2 Å². The smallest absolute Gasteiger partial charge is 0.410 e. The van der Waals surface area contributed by atoms with Crippen molar-refractivity contribution in [1.82, 2.24) is 28.7 Å². The zero-order valence-corrected chi connectivity index (χ0v) is 37.7. The van der Waals surface area contributed by atoms with E-state index >= 15 is 0 Å². The van der Waals surface area contributed by atoms with Gasteiger partial charge in [0.2, 0.25) is 0 Å². The highest BCUT2D eigenvalue weighted by atomic mass is 19.2. The Morgan fingerprint density at radius 1 is 0.567 bits per heavy atom. The molecule has 67 heavy (non-hydrogen) atoms. The lowest BCUT2D eigenvalue weighted by Gasteiger charge is -2.35. The van der Waals surface area contributed by atoms with Gasteiger partial charge in [0.25, 0.3) is 11.8 Å². The number of aliphatic hydroxyl groups is 1. The first-order valence-electron chi connectivity index (χ1n) is 21.9. The highest BCUT2D eigenvalue weighted by molar-refractivity contribution is 6.00. The number of piperazine rings is 2. The minimum Gasteiger partial charge on any atom is -0.465 e. The second kappa shape index (κ2) is 23.0. The van der Waals surface area contributed by atoms with E-state index in [9.17, 15) is 36.7 Å².